The highest BCUT2D eigenvalue weighted by Crippen LogP contribution is 2.46. The minimum atomic E-state index is -0.710. The first-order chi connectivity index (χ1) is 19.4. The second kappa shape index (κ2) is 11.8. The van der Waals surface area contributed by atoms with Gasteiger partial charge in [0.1, 0.15) is 11.5 Å². The van der Waals surface area contributed by atoms with Crippen molar-refractivity contribution >= 4 is 29.3 Å². The summed E-state index contributed by atoms with van der Waals surface area (Å²) < 4.78 is 16.9. The number of anilines is 1. The minimum Gasteiger partial charge on any atom is -0.493 e. The zero-order chi connectivity index (χ0) is 28.2. The molecule has 0 saturated carbocycles. The number of rotatable bonds is 8. The number of ether oxygens (including phenoxy) is 3. The molecule has 2 amide bonds. The summed E-state index contributed by atoms with van der Waals surface area (Å²) in [5.41, 5.74) is 2.47. The van der Waals surface area contributed by atoms with Crippen LogP contribution in [0.5, 0.6) is 23.0 Å². The highest BCUT2D eigenvalue weighted by Gasteiger charge is 2.43. The summed E-state index contributed by atoms with van der Waals surface area (Å²) in [6.45, 7) is 0. The molecule has 0 saturated heterocycles. The second-order valence-corrected chi connectivity index (χ2v) is 10.2. The Kier molecular flexibility index (Phi) is 7.98. The Bertz CT molecular complexity index is 1510. The van der Waals surface area contributed by atoms with Crippen LogP contribution in [0.3, 0.4) is 0 Å². The van der Waals surface area contributed by atoms with Gasteiger partial charge in [-0.25, -0.2) is 0 Å². The van der Waals surface area contributed by atoms with Gasteiger partial charge in [-0.2, -0.15) is 0 Å². The molecule has 0 fully saturated rings. The maximum atomic E-state index is 14.1. The van der Waals surface area contributed by atoms with Crippen molar-refractivity contribution in [1.82, 2.24) is 4.90 Å². The zero-order valence-corrected chi connectivity index (χ0v) is 23.5. The van der Waals surface area contributed by atoms with E-state index in [4.69, 9.17) is 14.2 Å². The number of hydrogen-bond acceptors (Lipinski definition) is 6. The van der Waals surface area contributed by atoms with Gasteiger partial charge in [0.2, 0.25) is 5.91 Å². The molecule has 7 nitrogen and oxygen atoms in total. The highest BCUT2D eigenvalue weighted by atomic mass is 32.2. The van der Waals surface area contributed by atoms with Crippen LogP contribution in [0.4, 0.5) is 5.69 Å². The number of nitrogens with one attached hydrogen (secondary N) is 1. The van der Waals surface area contributed by atoms with Gasteiger partial charge in [-0.3, -0.25) is 9.59 Å². The molecule has 0 spiro atoms. The summed E-state index contributed by atoms with van der Waals surface area (Å²) in [7, 11) is 4.78. The van der Waals surface area contributed by atoms with E-state index in [0.717, 1.165) is 16.2 Å². The molecule has 0 aliphatic carbocycles. The first-order valence-electron chi connectivity index (χ1n) is 12.7. The van der Waals surface area contributed by atoms with Crippen molar-refractivity contribution in [1.29, 1.82) is 0 Å². The maximum absolute atomic E-state index is 14.1. The number of fused-ring (bicyclic) bond motifs is 1. The number of hydrogen-bond donors (Lipinski definition) is 1. The first kappa shape index (κ1) is 27.1. The Hall–Kier alpha value is -4.43. The van der Waals surface area contributed by atoms with Crippen molar-refractivity contribution in [3.05, 3.63) is 108 Å². The fourth-order valence-corrected chi connectivity index (χ4v) is 5.41. The Balaban J connectivity index is 1.51. The molecule has 0 bridgehead atoms. The molecule has 0 aromatic heterocycles. The number of nitrogens with zero attached hydrogens (tertiary/aromatic N) is 1. The molecule has 0 unspecified atom stereocenters. The van der Waals surface area contributed by atoms with Gasteiger partial charge in [-0.1, -0.05) is 30.3 Å². The summed E-state index contributed by atoms with van der Waals surface area (Å²) in [6, 6.07) is 27.5. The number of para-hydroxylation sites is 1. The lowest BCUT2D eigenvalue weighted by Crippen LogP contribution is -2.44. The van der Waals surface area contributed by atoms with Gasteiger partial charge < -0.3 is 24.4 Å². The minimum absolute atomic E-state index is 0.193. The van der Waals surface area contributed by atoms with Gasteiger partial charge in [0.05, 0.1) is 26.2 Å². The van der Waals surface area contributed by atoms with Gasteiger partial charge >= 0.3 is 0 Å². The fourth-order valence-electron chi connectivity index (χ4n) is 5.00. The van der Waals surface area contributed by atoms with Crippen LogP contribution in [0.2, 0.25) is 0 Å². The molecular weight excluding hydrogens is 524 g/mol. The van der Waals surface area contributed by atoms with Crippen LogP contribution in [0.15, 0.2) is 95.9 Å². The lowest BCUT2D eigenvalue weighted by atomic mass is 9.79. The van der Waals surface area contributed by atoms with E-state index in [0.29, 0.717) is 34.1 Å². The highest BCUT2D eigenvalue weighted by molar-refractivity contribution is 7.98. The molecule has 40 heavy (non-hydrogen) atoms. The zero-order valence-electron chi connectivity index (χ0n) is 22.7. The van der Waals surface area contributed by atoms with Crippen molar-refractivity contribution in [2.75, 3.05) is 32.8 Å². The number of benzene rings is 4. The average Bonchev–Trinajstić information content (AvgIpc) is 2.99. The fraction of sp³-hybridized carbons (Fsp3) is 0.188. The number of carbonyl (C=O) groups is 2. The lowest BCUT2D eigenvalue weighted by Gasteiger charge is -2.40. The average molecular weight is 555 g/mol. The van der Waals surface area contributed by atoms with Crippen LogP contribution in [0, 0.1) is 0 Å². The number of thioether (sulfide) groups is 1. The van der Waals surface area contributed by atoms with Crippen LogP contribution in [0.25, 0.3) is 0 Å². The molecular formula is C32H30N2O5S. The van der Waals surface area contributed by atoms with E-state index in [1.54, 1.807) is 60.1 Å². The van der Waals surface area contributed by atoms with Crippen molar-refractivity contribution in [2.24, 2.45) is 0 Å². The SMILES string of the molecule is COc1cc2c(cc1OC)[C@H](C(=O)Nc1ccc(Oc3ccccc3)cc1)[C@@H](c1ccc(SC)cc1)N(C)C2=O. The number of likely N-dealkylation sites (N-methyl/N-ethyl adjacent to an activating group) is 1. The summed E-state index contributed by atoms with van der Waals surface area (Å²) in [5.74, 6) is 1.11. The van der Waals surface area contributed by atoms with Crippen molar-refractivity contribution in [3.63, 3.8) is 0 Å². The summed E-state index contributed by atoms with van der Waals surface area (Å²) in [6.07, 6.45) is 2.01. The Labute approximate surface area is 238 Å². The molecule has 4 aromatic carbocycles. The quantitative estimate of drug-likeness (QED) is 0.242. The van der Waals surface area contributed by atoms with Gasteiger partial charge in [0, 0.05) is 23.2 Å². The number of amides is 2. The third-order valence-electron chi connectivity index (χ3n) is 7.02. The van der Waals surface area contributed by atoms with E-state index in [2.05, 4.69) is 5.32 Å². The molecule has 0 radical (unpaired) electrons. The standard InChI is InChI=1S/C32H30N2O5S/c1-34-30(20-10-16-24(40-4)17-11-20)29(25-18-27(37-2)28(38-3)19-26(25)32(34)36)31(35)33-21-12-14-23(15-13-21)39-22-8-6-5-7-9-22/h5-19,29-30H,1-4H3,(H,33,35)/t29-,30+/m0/s1. The van der Waals surface area contributed by atoms with Gasteiger partial charge in [0.25, 0.3) is 5.91 Å². The predicted octanol–water partition coefficient (Wildman–Crippen LogP) is 6.77. The van der Waals surface area contributed by atoms with E-state index in [9.17, 15) is 9.59 Å². The van der Waals surface area contributed by atoms with Gasteiger partial charge in [-0.15, -0.1) is 11.8 Å². The van der Waals surface area contributed by atoms with Crippen molar-refractivity contribution < 1.29 is 23.8 Å². The molecule has 1 N–H and O–H groups in total. The van der Waals surface area contributed by atoms with E-state index >= 15 is 0 Å². The first-order valence-corrected chi connectivity index (χ1v) is 14.0. The van der Waals surface area contributed by atoms with E-state index in [1.165, 1.54) is 14.2 Å². The lowest BCUT2D eigenvalue weighted by molar-refractivity contribution is -0.119. The molecule has 8 heteroatoms. The molecule has 1 aliphatic rings. The molecule has 5 rings (SSSR count). The van der Waals surface area contributed by atoms with Gasteiger partial charge in [-0.05, 0) is 78.0 Å². The van der Waals surface area contributed by atoms with E-state index < -0.39 is 12.0 Å². The molecule has 204 valence electrons. The largest absolute Gasteiger partial charge is 0.493 e. The van der Waals surface area contributed by atoms with Crippen LogP contribution in [-0.4, -0.2) is 44.2 Å². The maximum Gasteiger partial charge on any atom is 0.254 e. The summed E-state index contributed by atoms with van der Waals surface area (Å²) >= 11 is 1.63. The third-order valence-corrected chi connectivity index (χ3v) is 7.76. The molecule has 2 atom stereocenters. The number of carbonyl (C=O) groups excluding carboxylic acids is 2. The van der Waals surface area contributed by atoms with Crippen molar-refractivity contribution in [3.8, 4) is 23.0 Å². The van der Waals surface area contributed by atoms with E-state index in [1.807, 2.05) is 60.9 Å². The molecule has 4 aromatic rings. The normalized spacial score (nSPS) is 16.2. The van der Waals surface area contributed by atoms with E-state index in [-0.39, 0.29) is 11.8 Å². The Morgan fingerprint density at radius 1 is 0.850 bits per heavy atom. The van der Waals surface area contributed by atoms with Crippen LogP contribution >= 0.6 is 11.8 Å². The third kappa shape index (κ3) is 5.35. The number of methoxy groups -OCH3 is 2. The van der Waals surface area contributed by atoms with Crippen molar-refractivity contribution in [2.45, 2.75) is 16.9 Å². The van der Waals surface area contributed by atoms with Crippen LogP contribution < -0.4 is 19.5 Å². The summed E-state index contributed by atoms with van der Waals surface area (Å²) in [4.78, 5) is 30.4. The van der Waals surface area contributed by atoms with Gasteiger partial charge in [0.15, 0.2) is 11.5 Å². The Morgan fingerprint density at radius 3 is 2.10 bits per heavy atom. The predicted molar refractivity (Wildman–Crippen MR) is 157 cm³/mol. The second-order valence-electron chi connectivity index (χ2n) is 9.33. The van der Waals surface area contributed by atoms with Crippen LogP contribution in [-0.2, 0) is 4.79 Å². The topological polar surface area (TPSA) is 77.1 Å². The molecule has 1 aliphatic heterocycles. The molecule has 1 heterocycles. The smallest absolute Gasteiger partial charge is 0.254 e. The summed E-state index contributed by atoms with van der Waals surface area (Å²) in [5, 5.41) is 3.06. The Morgan fingerprint density at radius 2 is 1.48 bits per heavy atom. The monoisotopic (exact) mass is 554 g/mol. The van der Waals surface area contributed by atoms with Crippen LogP contribution in [0.1, 0.15) is 33.4 Å².